The molecule has 0 spiro atoms. The van der Waals surface area contributed by atoms with Crippen molar-refractivity contribution in [3.63, 3.8) is 0 Å². The van der Waals surface area contributed by atoms with E-state index >= 15 is 0 Å². The van der Waals surface area contributed by atoms with Crippen LogP contribution < -0.4 is 0 Å². The molecule has 3 heteroatoms. The number of benzene rings is 1. The van der Waals surface area contributed by atoms with Gasteiger partial charge in [-0.25, -0.2) is 0 Å². The summed E-state index contributed by atoms with van der Waals surface area (Å²) >= 11 is 0. The summed E-state index contributed by atoms with van der Waals surface area (Å²) in [4.78, 5) is 11.1. The lowest BCUT2D eigenvalue weighted by atomic mass is 9.88. The third kappa shape index (κ3) is 2.49. The molecule has 1 aromatic carbocycles. The number of phenols is 1. The Kier molecular flexibility index (Phi) is 3.35. The van der Waals surface area contributed by atoms with E-state index in [0.29, 0.717) is 5.56 Å². The van der Waals surface area contributed by atoms with Crippen LogP contribution in [-0.2, 0) is 4.79 Å². The van der Waals surface area contributed by atoms with Crippen molar-refractivity contribution in [2.24, 2.45) is 5.92 Å². The minimum absolute atomic E-state index is 0.0337. The van der Waals surface area contributed by atoms with Crippen LogP contribution in [0.1, 0.15) is 30.9 Å². The third-order valence-electron chi connectivity index (χ3n) is 2.51. The molecule has 1 rings (SSSR count). The summed E-state index contributed by atoms with van der Waals surface area (Å²) in [6.07, 6.45) is 0. The molecule has 82 valence electrons. The Morgan fingerprint density at radius 2 is 1.93 bits per heavy atom. The van der Waals surface area contributed by atoms with Crippen LogP contribution in [0.5, 0.6) is 5.75 Å². The summed E-state index contributed by atoms with van der Waals surface area (Å²) in [6, 6.07) is 4.94. The van der Waals surface area contributed by atoms with Crippen molar-refractivity contribution in [3.8, 4) is 5.75 Å². The fourth-order valence-corrected chi connectivity index (χ4v) is 1.68. The summed E-state index contributed by atoms with van der Waals surface area (Å²) in [5.74, 6) is -1.10. The molecule has 1 unspecified atom stereocenters. The molecule has 1 aromatic rings. The third-order valence-corrected chi connectivity index (χ3v) is 2.51. The Morgan fingerprint density at radius 1 is 1.33 bits per heavy atom. The number of phenolic OH excluding ortho intramolecular Hbond substituents is 1. The van der Waals surface area contributed by atoms with Gasteiger partial charge in [0.15, 0.2) is 0 Å². The first-order valence-electron chi connectivity index (χ1n) is 4.95. The maximum atomic E-state index is 11.1. The smallest absolute Gasteiger partial charge is 0.311 e. The summed E-state index contributed by atoms with van der Waals surface area (Å²) in [6.45, 7) is 5.51. The van der Waals surface area contributed by atoms with Gasteiger partial charge in [-0.1, -0.05) is 26.0 Å². The van der Waals surface area contributed by atoms with Crippen LogP contribution in [0.3, 0.4) is 0 Å². The van der Waals surface area contributed by atoms with Gasteiger partial charge in [-0.3, -0.25) is 4.79 Å². The topological polar surface area (TPSA) is 57.5 Å². The highest BCUT2D eigenvalue weighted by molar-refractivity contribution is 5.76. The zero-order valence-electron chi connectivity index (χ0n) is 9.19. The van der Waals surface area contributed by atoms with Gasteiger partial charge in [0.2, 0.25) is 0 Å². The lowest BCUT2D eigenvalue weighted by molar-refractivity contribution is -0.139. The Hall–Kier alpha value is -1.51. The molecule has 0 aromatic heterocycles. The molecule has 0 radical (unpaired) electrons. The van der Waals surface area contributed by atoms with Gasteiger partial charge in [-0.15, -0.1) is 0 Å². The number of rotatable bonds is 3. The first-order chi connectivity index (χ1) is 6.93. The molecule has 0 heterocycles. The molecule has 0 saturated carbocycles. The van der Waals surface area contributed by atoms with Crippen LogP contribution >= 0.6 is 0 Å². The molecule has 0 saturated heterocycles. The molecule has 0 amide bonds. The number of carboxylic acid groups (broad SMARTS) is 1. The van der Waals surface area contributed by atoms with Gasteiger partial charge in [-0.2, -0.15) is 0 Å². The van der Waals surface area contributed by atoms with Gasteiger partial charge in [0.25, 0.3) is 0 Å². The Balaban J connectivity index is 3.12. The van der Waals surface area contributed by atoms with E-state index in [-0.39, 0.29) is 11.7 Å². The second kappa shape index (κ2) is 4.34. The van der Waals surface area contributed by atoms with E-state index in [2.05, 4.69) is 0 Å². The van der Waals surface area contributed by atoms with E-state index in [9.17, 15) is 9.90 Å². The second-order valence-electron chi connectivity index (χ2n) is 4.11. The molecule has 2 N–H and O–H groups in total. The van der Waals surface area contributed by atoms with Crippen LogP contribution in [0.4, 0.5) is 0 Å². The van der Waals surface area contributed by atoms with Crippen LogP contribution in [0.15, 0.2) is 18.2 Å². The van der Waals surface area contributed by atoms with Crippen LogP contribution in [0.25, 0.3) is 0 Å². The van der Waals surface area contributed by atoms with E-state index in [1.165, 1.54) is 0 Å². The molecular weight excluding hydrogens is 192 g/mol. The monoisotopic (exact) mass is 208 g/mol. The molecule has 15 heavy (non-hydrogen) atoms. The Labute approximate surface area is 89.4 Å². The van der Waals surface area contributed by atoms with Gasteiger partial charge >= 0.3 is 5.97 Å². The quantitative estimate of drug-likeness (QED) is 0.802. The van der Waals surface area contributed by atoms with Crippen LogP contribution in [0, 0.1) is 12.8 Å². The average Bonchev–Trinajstić information content (AvgIpc) is 2.10. The van der Waals surface area contributed by atoms with Gasteiger partial charge in [0.05, 0.1) is 5.92 Å². The Bertz CT molecular complexity index is 369. The minimum Gasteiger partial charge on any atom is -0.508 e. The number of carboxylic acids is 1. The molecular formula is C12H16O3. The predicted octanol–water partition coefficient (Wildman–Crippen LogP) is 2.52. The lowest BCUT2D eigenvalue weighted by Gasteiger charge is -2.17. The van der Waals surface area contributed by atoms with Crippen molar-refractivity contribution in [2.75, 3.05) is 0 Å². The normalized spacial score (nSPS) is 12.8. The van der Waals surface area contributed by atoms with Crippen molar-refractivity contribution in [1.29, 1.82) is 0 Å². The lowest BCUT2D eigenvalue weighted by Crippen LogP contribution is -2.17. The number of aromatic hydroxyl groups is 1. The van der Waals surface area contributed by atoms with Crippen LogP contribution in [-0.4, -0.2) is 16.2 Å². The fraction of sp³-hybridized carbons (Fsp3) is 0.417. The summed E-state index contributed by atoms with van der Waals surface area (Å²) in [5.41, 5.74) is 1.45. The Morgan fingerprint density at radius 3 is 2.33 bits per heavy atom. The van der Waals surface area contributed by atoms with E-state index in [4.69, 9.17) is 5.11 Å². The maximum absolute atomic E-state index is 11.1. The largest absolute Gasteiger partial charge is 0.508 e. The number of aryl methyl sites for hydroxylation is 1. The van der Waals surface area contributed by atoms with Crippen LogP contribution in [0.2, 0.25) is 0 Å². The number of carbonyl (C=O) groups is 1. The highest BCUT2D eigenvalue weighted by atomic mass is 16.4. The molecule has 0 bridgehead atoms. The number of aliphatic carboxylic acids is 1. The standard InChI is InChI=1S/C12H16O3/c1-7(2)11(12(14)15)9-4-5-10(13)8(3)6-9/h4-7,11,13H,1-3H3,(H,14,15). The predicted molar refractivity (Wildman–Crippen MR) is 58.1 cm³/mol. The van der Waals surface area contributed by atoms with Crippen molar-refractivity contribution >= 4 is 5.97 Å². The van der Waals surface area contributed by atoms with Gasteiger partial charge < -0.3 is 10.2 Å². The van der Waals surface area contributed by atoms with Crippen molar-refractivity contribution < 1.29 is 15.0 Å². The summed E-state index contributed by atoms with van der Waals surface area (Å²) < 4.78 is 0. The van der Waals surface area contributed by atoms with Crippen molar-refractivity contribution in [3.05, 3.63) is 29.3 Å². The van der Waals surface area contributed by atoms with Gasteiger partial charge in [-0.05, 0) is 30.0 Å². The first-order valence-corrected chi connectivity index (χ1v) is 4.95. The molecule has 1 atom stereocenters. The fourth-order valence-electron chi connectivity index (χ4n) is 1.68. The van der Waals surface area contributed by atoms with Crippen molar-refractivity contribution in [1.82, 2.24) is 0 Å². The van der Waals surface area contributed by atoms with Gasteiger partial charge in [0, 0.05) is 0 Å². The molecule has 3 nitrogen and oxygen atoms in total. The minimum atomic E-state index is -0.824. The highest BCUT2D eigenvalue weighted by Gasteiger charge is 2.23. The SMILES string of the molecule is Cc1cc(C(C(=O)O)C(C)C)ccc1O. The zero-order chi connectivity index (χ0) is 11.6. The molecule has 0 aliphatic carbocycles. The molecule has 0 aliphatic heterocycles. The maximum Gasteiger partial charge on any atom is 0.311 e. The van der Waals surface area contributed by atoms with Gasteiger partial charge in [0.1, 0.15) is 5.75 Å². The number of hydrogen-bond donors (Lipinski definition) is 2. The summed E-state index contributed by atoms with van der Waals surface area (Å²) in [7, 11) is 0. The molecule has 0 fully saturated rings. The molecule has 0 aliphatic rings. The zero-order valence-corrected chi connectivity index (χ0v) is 9.19. The average molecular weight is 208 g/mol. The number of hydrogen-bond acceptors (Lipinski definition) is 2. The van der Waals surface area contributed by atoms with E-state index in [0.717, 1.165) is 5.56 Å². The summed E-state index contributed by atoms with van der Waals surface area (Å²) in [5, 5.41) is 18.5. The van der Waals surface area contributed by atoms with Crippen molar-refractivity contribution in [2.45, 2.75) is 26.7 Å². The second-order valence-corrected chi connectivity index (χ2v) is 4.11. The van der Waals surface area contributed by atoms with E-state index < -0.39 is 11.9 Å². The first kappa shape index (κ1) is 11.6. The van der Waals surface area contributed by atoms with E-state index in [1.807, 2.05) is 13.8 Å². The van der Waals surface area contributed by atoms with E-state index in [1.54, 1.807) is 25.1 Å². The highest BCUT2D eigenvalue weighted by Crippen LogP contribution is 2.28.